The molecule has 0 radical (unpaired) electrons. The normalized spacial score (nSPS) is 12.8. The van der Waals surface area contributed by atoms with Crippen LogP contribution in [-0.4, -0.2) is 16.3 Å². The maximum Gasteiger partial charge on any atom is 0.158 e. The molecule has 0 unspecified atom stereocenters. The summed E-state index contributed by atoms with van der Waals surface area (Å²) in [7, 11) is 0. The van der Waals surface area contributed by atoms with E-state index in [0.29, 0.717) is 0 Å². The van der Waals surface area contributed by atoms with Gasteiger partial charge >= 0.3 is 0 Å². The molecular formula is C17H24O3. The van der Waals surface area contributed by atoms with E-state index >= 15 is 0 Å². The quantitative estimate of drug-likeness (QED) is 0.520. The Bertz CT molecular complexity index is 484. The smallest absolute Gasteiger partial charge is 0.158 e. The van der Waals surface area contributed by atoms with Crippen molar-refractivity contribution in [3.63, 3.8) is 0 Å². The first-order valence-electron chi connectivity index (χ1n) is 6.71. The zero-order chi connectivity index (χ0) is 15.4. The van der Waals surface area contributed by atoms with Crippen molar-refractivity contribution in [1.29, 1.82) is 0 Å². The van der Waals surface area contributed by atoms with Crippen LogP contribution in [0.4, 0.5) is 0 Å². The molecule has 0 aliphatic heterocycles. The number of benzene rings is 1. The number of aliphatic hydroxyl groups is 1. The fourth-order valence-electron chi connectivity index (χ4n) is 1.42. The van der Waals surface area contributed by atoms with Crippen LogP contribution in [0.5, 0.6) is 0 Å². The molecule has 0 amide bonds. The van der Waals surface area contributed by atoms with Gasteiger partial charge in [-0.05, 0) is 47.1 Å². The van der Waals surface area contributed by atoms with Crippen LogP contribution >= 0.6 is 0 Å². The Morgan fingerprint density at radius 2 is 1.40 bits per heavy atom. The Hall–Kier alpha value is -1.34. The SMILES string of the molecule is CC(C)(O)C#CC(C)(C)OOC(C)(C)c1ccccc1. The molecule has 0 aromatic heterocycles. The Kier molecular flexibility index (Phi) is 4.99. The summed E-state index contributed by atoms with van der Waals surface area (Å²) in [6, 6.07) is 9.84. The maximum atomic E-state index is 9.62. The van der Waals surface area contributed by atoms with Gasteiger partial charge in [0.1, 0.15) is 11.2 Å². The van der Waals surface area contributed by atoms with Gasteiger partial charge in [0, 0.05) is 0 Å². The van der Waals surface area contributed by atoms with Gasteiger partial charge in [-0.2, -0.15) is 0 Å². The van der Waals surface area contributed by atoms with Gasteiger partial charge in [-0.3, -0.25) is 0 Å². The average molecular weight is 276 g/mol. The molecule has 0 aliphatic carbocycles. The monoisotopic (exact) mass is 276 g/mol. The summed E-state index contributed by atoms with van der Waals surface area (Å²) in [5.74, 6) is 5.61. The molecule has 1 aromatic rings. The lowest BCUT2D eigenvalue weighted by Crippen LogP contribution is -2.30. The molecule has 1 N–H and O–H groups in total. The summed E-state index contributed by atoms with van der Waals surface area (Å²) in [5, 5.41) is 9.62. The van der Waals surface area contributed by atoms with Gasteiger partial charge in [0.2, 0.25) is 0 Å². The van der Waals surface area contributed by atoms with E-state index in [9.17, 15) is 5.11 Å². The van der Waals surface area contributed by atoms with Gasteiger partial charge < -0.3 is 5.11 Å². The van der Waals surface area contributed by atoms with Gasteiger partial charge in [0.15, 0.2) is 5.60 Å². The molecule has 0 bridgehead atoms. The topological polar surface area (TPSA) is 38.7 Å². The highest BCUT2D eigenvalue weighted by Crippen LogP contribution is 2.26. The third-order valence-electron chi connectivity index (χ3n) is 2.60. The lowest BCUT2D eigenvalue weighted by molar-refractivity contribution is -0.393. The highest BCUT2D eigenvalue weighted by molar-refractivity contribution is 5.21. The fraction of sp³-hybridized carbons (Fsp3) is 0.529. The minimum absolute atomic E-state index is 0.574. The molecular weight excluding hydrogens is 252 g/mol. The number of hydrogen-bond donors (Lipinski definition) is 1. The Labute approximate surface area is 121 Å². The van der Waals surface area contributed by atoms with Gasteiger partial charge in [-0.1, -0.05) is 42.2 Å². The standard InChI is InChI=1S/C17H24O3/c1-15(2,18)12-13-16(3,4)19-20-17(5,6)14-10-8-7-9-11-14/h7-11,18H,1-6H3. The average Bonchev–Trinajstić information content (AvgIpc) is 2.35. The second kappa shape index (κ2) is 5.97. The molecule has 110 valence electrons. The molecule has 3 nitrogen and oxygen atoms in total. The van der Waals surface area contributed by atoms with Gasteiger partial charge in [-0.15, -0.1) is 0 Å². The molecule has 0 saturated carbocycles. The zero-order valence-electron chi connectivity index (χ0n) is 13.2. The van der Waals surface area contributed by atoms with E-state index in [1.54, 1.807) is 27.7 Å². The van der Waals surface area contributed by atoms with E-state index in [-0.39, 0.29) is 0 Å². The lowest BCUT2D eigenvalue weighted by Gasteiger charge is -2.28. The second-order valence-electron chi connectivity index (χ2n) is 6.36. The van der Waals surface area contributed by atoms with E-state index in [0.717, 1.165) is 5.56 Å². The summed E-state index contributed by atoms with van der Waals surface area (Å²) in [4.78, 5) is 11.0. The van der Waals surface area contributed by atoms with Crippen LogP contribution in [0.1, 0.15) is 47.1 Å². The molecule has 0 heterocycles. The first-order valence-corrected chi connectivity index (χ1v) is 6.71. The third-order valence-corrected chi connectivity index (χ3v) is 2.60. The zero-order valence-corrected chi connectivity index (χ0v) is 13.2. The Morgan fingerprint density at radius 3 is 1.90 bits per heavy atom. The van der Waals surface area contributed by atoms with Gasteiger partial charge in [0.05, 0.1) is 0 Å². The van der Waals surface area contributed by atoms with E-state index < -0.39 is 16.8 Å². The Balaban J connectivity index is 2.72. The molecule has 0 aliphatic rings. The largest absolute Gasteiger partial charge is 0.378 e. The van der Waals surface area contributed by atoms with Crippen LogP contribution in [-0.2, 0) is 15.4 Å². The van der Waals surface area contributed by atoms with Crippen molar-refractivity contribution < 1.29 is 14.9 Å². The van der Waals surface area contributed by atoms with Crippen molar-refractivity contribution in [2.45, 2.75) is 58.3 Å². The summed E-state index contributed by atoms with van der Waals surface area (Å²) >= 11 is 0. The minimum Gasteiger partial charge on any atom is -0.378 e. The van der Waals surface area contributed by atoms with E-state index in [1.807, 2.05) is 44.2 Å². The molecule has 0 atom stereocenters. The van der Waals surface area contributed by atoms with E-state index in [4.69, 9.17) is 9.78 Å². The summed E-state index contributed by atoms with van der Waals surface area (Å²) in [6.45, 7) is 10.7. The second-order valence-corrected chi connectivity index (χ2v) is 6.36. The molecule has 0 fully saturated rings. The summed E-state index contributed by atoms with van der Waals surface area (Å²) in [6.07, 6.45) is 0. The molecule has 1 aromatic carbocycles. The van der Waals surface area contributed by atoms with E-state index in [2.05, 4.69) is 11.8 Å². The van der Waals surface area contributed by atoms with Crippen molar-refractivity contribution >= 4 is 0 Å². The van der Waals surface area contributed by atoms with Crippen molar-refractivity contribution in [2.75, 3.05) is 0 Å². The third kappa shape index (κ3) is 5.75. The van der Waals surface area contributed by atoms with E-state index in [1.165, 1.54) is 0 Å². The molecule has 0 saturated heterocycles. The van der Waals surface area contributed by atoms with Crippen molar-refractivity contribution in [3.05, 3.63) is 35.9 Å². The molecule has 1 rings (SSSR count). The summed E-state index contributed by atoms with van der Waals surface area (Å²) in [5.41, 5.74) is -1.40. The highest BCUT2D eigenvalue weighted by Gasteiger charge is 2.27. The predicted octanol–water partition coefficient (Wildman–Crippen LogP) is 3.42. The molecule has 20 heavy (non-hydrogen) atoms. The number of rotatable bonds is 4. The van der Waals surface area contributed by atoms with Crippen LogP contribution in [0, 0.1) is 11.8 Å². The maximum absolute atomic E-state index is 9.62. The van der Waals surface area contributed by atoms with Crippen molar-refractivity contribution in [2.24, 2.45) is 0 Å². The van der Waals surface area contributed by atoms with Crippen LogP contribution in [0.15, 0.2) is 30.3 Å². The highest BCUT2D eigenvalue weighted by atomic mass is 17.2. The van der Waals surface area contributed by atoms with Crippen LogP contribution in [0.2, 0.25) is 0 Å². The van der Waals surface area contributed by atoms with Gasteiger partial charge in [-0.25, -0.2) is 9.78 Å². The predicted molar refractivity (Wildman–Crippen MR) is 79.8 cm³/mol. The minimum atomic E-state index is -1.05. The summed E-state index contributed by atoms with van der Waals surface area (Å²) < 4.78 is 0. The van der Waals surface area contributed by atoms with Crippen LogP contribution < -0.4 is 0 Å². The first-order chi connectivity index (χ1) is 9.02. The lowest BCUT2D eigenvalue weighted by atomic mass is 9.99. The Morgan fingerprint density at radius 1 is 0.850 bits per heavy atom. The van der Waals surface area contributed by atoms with Crippen molar-refractivity contribution in [3.8, 4) is 11.8 Å². The number of hydrogen-bond acceptors (Lipinski definition) is 3. The first kappa shape index (κ1) is 16.7. The van der Waals surface area contributed by atoms with Crippen LogP contribution in [0.3, 0.4) is 0 Å². The fourth-order valence-corrected chi connectivity index (χ4v) is 1.42. The molecule has 0 spiro atoms. The van der Waals surface area contributed by atoms with Crippen molar-refractivity contribution in [1.82, 2.24) is 0 Å². The van der Waals surface area contributed by atoms with Gasteiger partial charge in [0.25, 0.3) is 0 Å². The molecule has 3 heteroatoms. The van der Waals surface area contributed by atoms with Crippen LogP contribution in [0.25, 0.3) is 0 Å².